The molecule has 0 spiro atoms. The van der Waals surface area contributed by atoms with Crippen LogP contribution in [0.2, 0.25) is 0 Å². The molecule has 0 amide bonds. The molecule has 162 valence electrons. The number of methoxy groups -OCH3 is 1. The molecular formula is C23H32N4O3. The lowest BCUT2D eigenvalue weighted by atomic mass is 10.1. The second kappa shape index (κ2) is 10.4. The SMILES string of the molecule is COc1ccccc1N1CCN(C(=NCC2CCOC2)NCCc2ccco2)CC1. The van der Waals surface area contributed by atoms with Gasteiger partial charge in [-0.15, -0.1) is 0 Å². The highest BCUT2D eigenvalue weighted by Gasteiger charge is 2.23. The summed E-state index contributed by atoms with van der Waals surface area (Å²) in [6, 6.07) is 12.2. The number of piperazine rings is 1. The van der Waals surface area contributed by atoms with Crippen molar-refractivity contribution in [3.05, 3.63) is 48.4 Å². The third-order valence-corrected chi connectivity index (χ3v) is 5.76. The molecule has 1 unspecified atom stereocenters. The van der Waals surface area contributed by atoms with Gasteiger partial charge < -0.3 is 29.0 Å². The van der Waals surface area contributed by atoms with E-state index in [1.807, 2.05) is 24.3 Å². The van der Waals surface area contributed by atoms with Crippen LogP contribution in [0.15, 0.2) is 52.1 Å². The first-order valence-corrected chi connectivity index (χ1v) is 10.8. The monoisotopic (exact) mass is 412 g/mol. The molecule has 2 saturated heterocycles. The van der Waals surface area contributed by atoms with Gasteiger partial charge in [0, 0.05) is 58.2 Å². The second-order valence-corrected chi connectivity index (χ2v) is 7.80. The summed E-state index contributed by atoms with van der Waals surface area (Å²) in [6.07, 6.45) is 3.67. The number of para-hydroxylation sites is 2. The molecule has 3 heterocycles. The number of anilines is 1. The maximum absolute atomic E-state index is 5.54. The van der Waals surface area contributed by atoms with Crippen LogP contribution in [0, 0.1) is 5.92 Å². The Morgan fingerprint density at radius 2 is 2.03 bits per heavy atom. The van der Waals surface area contributed by atoms with Gasteiger partial charge in [-0.3, -0.25) is 4.99 Å². The Kier molecular flexibility index (Phi) is 7.13. The van der Waals surface area contributed by atoms with Gasteiger partial charge in [0.25, 0.3) is 0 Å². The molecule has 2 aliphatic heterocycles. The van der Waals surface area contributed by atoms with Crippen molar-refractivity contribution in [1.29, 1.82) is 0 Å². The van der Waals surface area contributed by atoms with Gasteiger partial charge >= 0.3 is 0 Å². The van der Waals surface area contributed by atoms with Gasteiger partial charge in [0.15, 0.2) is 5.96 Å². The largest absolute Gasteiger partial charge is 0.495 e. The van der Waals surface area contributed by atoms with Gasteiger partial charge in [-0.05, 0) is 30.7 Å². The average molecular weight is 413 g/mol. The van der Waals surface area contributed by atoms with E-state index < -0.39 is 0 Å². The molecule has 0 saturated carbocycles. The van der Waals surface area contributed by atoms with Crippen LogP contribution in [0.4, 0.5) is 5.69 Å². The second-order valence-electron chi connectivity index (χ2n) is 7.80. The Balaban J connectivity index is 1.36. The molecule has 30 heavy (non-hydrogen) atoms. The summed E-state index contributed by atoms with van der Waals surface area (Å²) < 4.78 is 16.5. The number of guanidine groups is 1. The molecule has 2 fully saturated rings. The quantitative estimate of drug-likeness (QED) is 0.557. The van der Waals surface area contributed by atoms with Crippen LogP contribution in [-0.2, 0) is 11.2 Å². The van der Waals surface area contributed by atoms with E-state index in [1.165, 1.54) is 0 Å². The summed E-state index contributed by atoms with van der Waals surface area (Å²) in [7, 11) is 1.73. The van der Waals surface area contributed by atoms with Crippen molar-refractivity contribution < 1.29 is 13.9 Å². The highest BCUT2D eigenvalue weighted by Crippen LogP contribution is 2.28. The molecular weight excluding hydrogens is 380 g/mol. The summed E-state index contributed by atoms with van der Waals surface area (Å²) in [4.78, 5) is 9.71. The summed E-state index contributed by atoms with van der Waals surface area (Å²) in [5, 5.41) is 3.56. The molecule has 1 aromatic carbocycles. The van der Waals surface area contributed by atoms with Crippen molar-refractivity contribution in [2.45, 2.75) is 12.8 Å². The van der Waals surface area contributed by atoms with E-state index in [9.17, 15) is 0 Å². The lowest BCUT2D eigenvalue weighted by molar-refractivity contribution is 0.187. The minimum absolute atomic E-state index is 0.529. The predicted molar refractivity (Wildman–Crippen MR) is 118 cm³/mol. The van der Waals surface area contributed by atoms with Gasteiger partial charge in [0.2, 0.25) is 0 Å². The summed E-state index contributed by atoms with van der Waals surface area (Å²) in [5.74, 6) is 3.44. The smallest absolute Gasteiger partial charge is 0.194 e. The fraction of sp³-hybridized carbons (Fsp3) is 0.522. The molecule has 2 aliphatic rings. The van der Waals surface area contributed by atoms with E-state index in [2.05, 4.69) is 27.2 Å². The van der Waals surface area contributed by atoms with Gasteiger partial charge in [-0.1, -0.05) is 12.1 Å². The number of ether oxygens (including phenoxy) is 2. The average Bonchev–Trinajstić information content (AvgIpc) is 3.50. The van der Waals surface area contributed by atoms with Crippen LogP contribution in [0.5, 0.6) is 5.75 Å². The van der Waals surface area contributed by atoms with Gasteiger partial charge in [-0.25, -0.2) is 0 Å². The van der Waals surface area contributed by atoms with Crippen LogP contribution in [0.3, 0.4) is 0 Å². The topological polar surface area (TPSA) is 62.5 Å². The zero-order chi connectivity index (χ0) is 20.6. The first kappa shape index (κ1) is 20.6. The van der Waals surface area contributed by atoms with E-state index in [0.717, 1.165) is 88.5 Å². The lowest BCUT2D eigenvalue weighted by Crippen LogP contribution is -2.53. The number of nitrogens with zero attached hydrogens (tertiary/aromatic N) is 3. The summed E-state index contributed by atoms with van der Waals surface area (Å²) >= 11 is 0. The molecule has 0 aliphatic carbocycles. The summed E-state index contributed by atoms with van der Waals surface area (Å²) in [5.41, 5.74) is 1.16. The fourth-order valence-electron chi connectivity index (χ4n) is 4.01. The fourth-order valence-corrected chi connectivity index (χ4v) is 4.01. The number of rotatable bonds is 7. The molecule has 0 radical (unpaired) electrons. The van der Waals surface area contributed by atoms with Gasteiger partial charge in [-0.2, -0.15) is 0 Å². The predicted octanol–water partition coefficient (Wildman–Crippen LogP) is 2.64. The third-order valence-electron chi connectivity index (χ3n) is 5.76. The Hall–Kier alpha value is -2.67. The lowest BCUT2D eigenvalue weighted by Gasteiger charge is -2.38. The zero-order valence-electron chi connectivity index (χ0n) is 17.8. The zero-order valence-corrected chi connectivity index (χ0v) is 17.8. The van der Waals surface area contributed by atoms with Crippen LogP contribution >= 0.6 is 0 Å². The van der Waals surface area contributed by atoms with E-state index in [1.54, 1.807) is 13.4 Å². The van der Waals surface area contributed by atoms with Gasteiger partial charge in [0.1, 0.15) is 11.5 Å². The number of furan rings is 1. The first-order valence-electron chi connectivity index (χ1n) is 10.8. The highest BCUT2D eigenvalue weighted by molar-refractivity contribution is 5.80. The van der Waals surface area contributed by atoms with Gasteiger partial charge in [0.05, 0.1) is 25.7 Å². The molecule has 4 rings (SSSR count). The highest BCUT2D eigenvalue weighted by atomic mass is 16.5. The molecule has 0 bridgehead atoms. The van der Waals surface area contributed by atoms with Crippen molar-refractivity contribution in [2.75, 3.05) is 64.5 Å². The van der Waals surface area contributed by atoms with E-state index in [-0.39, 0.29) is 0 Å². The van der Waals surface area contributed by atoms with Crippen molar-refractivity contribution in [3.8, 4) is 5.75 Å². The molecule has 1 aromatic heterocycles. The Labute approximate surface area is 178 Å². The van der Waals surface area contributed by atoms with Crippen LogP contribution in [0.25, 0.3) is 0 Å². The number of benzene rings is 1. The number of hydrogen-bond acceptors (Lipinski definition) is 5. The Bertz CT molecular complexity index is 795. The van der Waals surface area contributed by atoms with E-state index in [0.29, 0.717) is 5.92 Å². The van der Waals surface area contributed by atoms with Crippen molar-refractivity contribution >= 4 is 11.6 Å². The molecule has 2 aromatic rings. The number of hydrogen-bond donors (Lipinski definition) is 1. The minimum atomic E-state index is 0.529. The van der Waals surface area contributed by atoms with Crippen LogP contribution < -0.4 is 15.0 Å². The van der Waals surface area contributed by atoms with E-state index >= 15 is 0 Å². The molecule has 7 heteroatoms. The number of nitrogens with one attached hydrogen (secondary N) is 1. The van der Waals surface area contributed by atoms with Crippen molar-refractivity contribution in [1.82, 2.24) is 10.2 Å². The molecule has 7 nitrogen and oxygen atoms in total. The maximum Gasteiger partial charge on any atom is 0.194 e. The van der Waals surface area contributed by atoms with E-state index in [4.69, 9.17) is 18.9 Å². The maximum atomic E-state index is 5.54. The van der Waals surface area contributed by atoms with Crippen LogP contribution in [0.1, 0.15) is 12.2 Å². The van der Waals surface area contributed by atoms with Crippen molar-refractivity contribution in [3.63, 3.8) is 0 Å². The molecule has 1 N–H and O–H groups in total. The van der Waals surface area contributed by atoms with Crippen LogP contribution in [-0.4, -0.2) is 70.5 Å². The van der Waals surface area contributed by atoms with Crippen molar-refractivity contribution in [2.24, 2.45) is 10.9 Å². The first-order chi connectivity index (χ1) is 14.8. The third kappa shape index (κ3) is 5.27. The Morgan fingerprint density at radius 3 is 2.77 bits per heavy atom. The minimum Gasteiger partial charge on any atom is -0.495 e. The normalized spacial score (nSPS) is 19.9. The Morgan fingerprint density at radius 1 is 1.17 bits per heavy atom. The summed E-state index contributed by atoms with van der Waals surface area (Å²) in [6.45, 7) is 7.02. The standard InChI is InChI=1S/C23H32N4O3/c1-28-22-7-3-2-6-21(22)26-11-13-27(14-12-26)23(25-17-19-9-16-29-18-19)24-10-8-20-5-4-15-30-20/h2-7,15,19H,8-14,16-18H2,1H3,(H,24,25). The molecule has 1 atom stereocenters. The number of aliphatic imine (C=N–C) groups is 1.